The third-order valence-electron chi connectivity index (χ3n) is 14.3. The van der Waals surface area contributed by atoms with Gasteiger partial charge in [0, 0.05) is 22.7 Å². The minimum Gasteiger partial charge on any atom is -0.310 e. The Morgan fingerprint density at radius 1 is 0.324 bits per heavy atom. The van der Waals surface area contributed by atoms with Crippen LogP contribution in [0.4, 0.5) is 34.1 Å². The standard InChI is InChI=1S/C72H64N2/c1-7-57-33-21-23-51(3)71(57)73(65-41-35-55(36-42-65)49-67(59-25-13-9-14-26-59)60-27-15-10-16-28-60)69-45-39-63(47-53(69)5)64-40-46-70(54(6)48-64)74(72-52(4)24-22-34-58(72)8-2)66-43-37-56(38-44-66)50-68(61-29-17-11-18-30-61)62-31-19-12-20-32-62/h9-50H,7-8H2,1-6H3. The van der Waals surface area contributed by atoms with Gasteiger partial charge in [0.1, 0.15) is 0 Å². The van der Waals surface area contributed by atoms with Crippen molar-refractivity contribution in [2.75, 3.05) is 9.80 Å². The van der Waals surface area contributed by atoms with Crippen molar-refractivity contribution in [3.63, 3.8) is 0 Å². The van der Waals surface area contributed by atoms with E-state index in [1.54, 1.807) is 0 Å². The van der Waals surface area contributed by atoms with E-state index in [1.807, 2.05) is 0 Å². The number of hydrogen-bond donors (Lipinski definition) is 0. The lowest BCUT2D eigenvalue weighted by Gasteiger charge is -2.31. The average molecular weight is 957 g/mol. The van der Waals surface area contributed by atoms with Crippen molar-refractivity contribution in [1.29, 1.82) is 0 Å². The molecular weight excluding hydrogens is 893 g/mol. The van der Waals surface area contributed by atoms with E-state index in [1.165, 1.54) is 101 Å². The zero-order valence-corrected chi connectivity index (χ0v) is 43.6. The fourth-order valence-corrected chi connectivity index (χ4v) is 10.5. The van der Waals surface area contributed by atoms with Crippen molar-refractivity contribution < 1.29 is 0 Å². The van der Waals surface area contributed by atoms with Crippen LogP contribution in [0, 0.1) is 27.7 Å². The van der Waals surface area contributed by atoms with Gasteiger partial charge in [0.15, 0.2) is 0 Å². The zero-order valence-electron chi connectivity index (χ0n) is 43.6. The fourth-order valence-electron chi connectivity index (χ4n) is 10.5. The Bertz CT molecular complexity index is 3250. The molecule has 74 heavy (non-hydrogen) atoms. The molecule has 362 valence electrons. The molecule has 0 atom stereocenters. The summed E-state index contributed by atoms with van der Waals surface area (Å²) in [6.07, 6.45) is 6.48. The molecule has 0 aliphatic heterocycles. The SMILES string of the molecule is CCc1cccc(C)c1N(c1ccc(C=C(c2ccccc2)c2ccccc2)cc1)c1ccc(-c2ccc(N(c3ccc(C=C(c4ccccc4)c4ccccc4)cc3)c3c(C)cccc3CC)c(C)c2)cc1C. The molecule has 0 saturated carbocycles. The summed E-state index contributed by atoms with van der Waals surface area (Å²) in [5.41, 5.74) is 26.5. The molecule has 0 bridgehead atoms. The van der Waals surface area contributed by atoms with Crippen LogP contribution in [0.3, 0.4) is 0 Å². The molecule has 2 heteroatoms. The fraction of sp³-hybridized carbons (Fsp3) is 0.111. The topological polar surface area (TPSA) is 6.48 Å². The van der Waals surface area contributed by atoms with Gasteiger partial charge in [-0.3, -0.25) is 0 Å². The van der Waals surface area contributed by atoms with Crippen LogP contribution in [0.15, 0.2) is 243 Å². The van der Waals surface area contributed by atoms with E-state index >= 15 is 0 Å². The van der Waals surface area contributed by atoms with Crippen molar-refractivity contribution in [1.82, 2.24) is 0 Å². The average Bonchev–Trinajstić information content (AvgIpc) is 3.45. The molecule has 0 aliphatic carbocycles. The third-order valence-corrected chi connectivity index (χ3v) is 14.3. The summed E-state index contributed by atoms with van der Waals surface area (Å²) in [5, 5.41) is 0. The summed E-state index contributed by atoms with van der Waals surface area (Å²) in [4.78, 5) is 4.95. The number of benzene rings is 10. The van der Waals surface area contributed by atoms with Gasteiger partial charge in [-0.15, -0.1) is 0 Å². The summed E-state index contributed by atoms with van der Waals surface area (Å²) < 4.78 is 0. The van der Waals surface area contributed by atoms with Gasteiger partial charge in [0.05, 0.1) is 11.4 Å². The van der Waals surface area contributed by atoms with Crippen LogP contribution in [-0.2, 0) is 12.8 Å². The molecule has 0 amide bonds. The number of hydrogen-bond acceptors (Lipinski definition) is 2. The number of aryl methyl sites for hydroxylation is 6. The highest BCUT2D eigenvalue weighted by molar-refractivity contribution is 5.94. The largest absolute Gasteiger partial charge is 0.310 e. The zero-order chi connectivity index (χ0) is 51.0. The Balaban J connectivity index is 1.01. The van der Waals surface area contributed by atoms with Crippen LogP contribution >= 0.6 is 0 Å². The molecule has 0 heterocycles. The molecule has 0 spiro atoms. The second-order valence-corrected chi connectivity index (χ2v) is 19.3. The van der Waals surface area contributed by atoms with Crippen molar-refractivity contribution in [3.8, 4) is 11.1 Å². The first kappa shape index (κ1) is 48.9. The number of para-hydroxylation sites is 2. The Morgan fingerprint density at radius 2 is 0.649 bits per heavy atom. The lowest BCUT2D eigenvalue weighted by Crippen LogP contribution is -2.15. The minimum absolute atomic E-state index is 0.929. The maximum Gasteiger partial charge on any atom is 0.0522 e. The Kier molecular flexibility index (Phi) is 14.8. The summed E-state index contributed by atoms with van der Waals surface area (Å²) >= 11 is 0. The van der Waals surface area contributed by atoms with Crippen LogP contribution in [0.1, 0.15) is 80.6 Å². The number of nitrogens with zero attached hydrogens (tertiary/aromatic N) is 2. The van der Waals surface area contributed by atoms with Gasteiger partial charge in [-0.1, -0.05) is 208 Å². The first-order chi connectivity index (χ1) is 36.3. The highest BCUT2D eigenvalue weighted by Gasteiger charge is 2.23. The van der Waals surface area contributed by atoms with Crippen molar-refractivity contribution >= 4 is 57.4 Å². The van der Waals surface area contributed by atoms with Crippen LogP contribution in [-0.4, -0.2) is 0 Å². The molecule has 0 unspecified atom stereocenters. The highest BCUT2D eigenvalue weighted by atomic mass is 15.2. The van der Waals surface area contributed by atoms with Crippen LogP contribution in [0.2, 0.25) is 0 Å². The van der Waals surface area contributed by atoms with Crippen molar-refractivity contribution in [2.24, 2.45) is 0 Å². The normalized spacial score (nSPS) is 10.9. The van der Waals surface area contributed by atoms with Gasteiger partial charge >= 0.3 is 0 Å². The second-order valence-electron chi connectivity index (χ2n) is 19.3. The monoisotopic (exact) mass is 957 g/mol. The van der Waals surface area contributed by atoms with E-state index in [0.29, 0.717) is 0 Å². The molecule has 0 saturated heterocycles. The Morgan fingerprint density at radius 3 is 0.946 bits per heavy atom. The van der Waals surface area contributed by atoms with Crippen molar-refractivity contribution in [3.05, 3.63) is 309 Å². The summed E-state index contributed by atoms with van der Waals surface area (Å²) in [7, 11) is 0. The number of rotatable bonds is 15. The van der Waals surface area contributed by atoms with Gasteiger partial charge in [0.2, 0.25) is 0 Å². The number of anilines is 6. The second kappa shape index (κ2) is 22.4. The summed E-state index contributed by atoms with van der Waals surface area (Å²) in [5.74, 6) is 0. The van der Waals surface area contributed by atoms with E-state index < -0.39 is 0 Å². The molecule has 10 aromatic carbocycles. The van der Waals surface area contributed by atoms with Crippen LogP contribution in [0.5, 0.6) is 0 Å². The molecule has 0 fully saturated rings. The molecule has 0 aliphatic rings. The molecular formula is C72H64N2. The lowest BCUT2D eigenvalue weighted by atomic mass is 9.95. The quantitative estimate of drug-likeness (QED) is 0.0945. The maximum absolute atomic E-state index is 2.47. The summed E-state index contributed by atoms with van der Waals surface area (Å²) in [6.45, 7) is 13.5. The molecule has 0 N–H and O–H groups in total. The van der Waals surface area contributed by atoms with Crippen LogP contribution < -0.4 is 9.80 Å². The highest BCUT2D eigenvalue weighted by Crippen LogP contribution is 2.45. The lowest BCUT2D eigenvalue weighted by molar-refractivity contribution is 1.10. The molecule has 2 nitrogen and oxygen atoms in total. The summed E-state index contributed by atoms with van der Waals surface area (Å²) in [6, 6.07) is 88.3. The van der Waals surface area contributed by atoms with Gasteiger partial charge in [-0.25, -0.2) is 0 Å². The first-order valence-electron chi connectivity index (χ1n) is 26.1. The van der Waals surface area contributed by atoms with E-state index in [0.717, 1.165) is 35.3 Å². The smallest absolute Gasteiger partial charge is 0.0522 e. The minimum atomic E-state index is 0.929. The van der Waals surface area contributed by atoms with E-state index in [2.05, 4.69) is 306 Å². The predicted octanol–water partition coefficient (Wildman–Crippen LogP) is 19.8. The van der Waals surface area contributed by atoms with Gasteiger partial charge in [-0.05, 0) is 190 Å². The van der Waals surface area contributed by atoms with Crippen molar-refractivity contribution in [2.45, 2.75) is 54.4 Å². The van der Waals surface area contributed by atoms with E-state index in [-0.39, 0.29) is 0 Å². The van der Waals surface area contributed by atoms with Crippen LogP contribution in [0.25, 0.3) is 34.4 Å². The molecule has 10 aromatic rings. The Labute approximate surface area is 439 Å². The molecule has 0 aromatic heterocycles. The van der Waals surface area contributed by atoms with E-state index in [9.17, 15) is 0 Å². The maximum atomic E-state index is 2.47. The molecule has 10 rings (SSSR count). The van der Waals surface area contributed by atoms with E-state index in [4.69, 9.17) is 0 Å². The van der Waals surface area contributed by atoms with Gasteiger partial charge in [0.25, 0.3) is 0 Å². The van der Waals surface area contributed by atoms with Gasteiger partial charge in [-0.2, -0.15) is 0 Å². The first-order valence-corrected chi connectivity index (χ1v) is 26.1. The Hall–Kier alpha value is -8.72. The van der Waals surface area contributed by atoms with Gasteiger partial charge < -0.3 is 9.80 Å². The predicted molar refractivity (Wildman–Crippen MR) is 319 cm³/mol. The third kappa shape index (κ3) is 10.4. The molecule has 0 radical (unpaired) electrons.